The summed E-state index contributed by atoms with van der Waals surface area (Å²) in [5.74, 6) is 0. The maximum Gasteiger partial charge on any atom is 0.209 e. The van der Waals surface area contributed by atoms with Gasteiger partial charge in [-0.05, 0) is 13.3 Å². The van der Waals surface area contributed by atoms with E-state index in [1.165, 1.54) is 0 Å². The summed E-state index contributed by atoms with van der Waals surface area (Å²) in [4.78, 5) is 12.1. The molecule has 0 fully saturated rings. The molecule has 0 saturated carbocycles. The number of nitrogens with two attached hydrogens (primary N) is 1. The maximum atomic E-state index is 10.4. The lowest BCUT2D eigenvalue weighted by Gasteiger charge is -2.22. The average molecular weight is 144 g/mol. The van der Waals surface area contributed by atoms with E-state index in [1.54, 1.807) is 4.90 Å². The van der Waals surface area contributed by atoms with Gasteiger partial charge in [0, 0.05) is 19.1 Å². The average Bonchev–Trinajstić information content (AvgIpc) is 1.99. The third-order valence-electron chi connectivity index (χ3n) is 1.52. The highest BCUT2D eigenvalue weighted by Gasteiger charge is 2.06. The van der Waals surface area contributed by atoms with Crippen molar-refractivity contribution in [2.24, 2.45) is 5.73 Å². The van der Waals surface area contributed by atoms with Crippen molar-refractivity contribution in [1.29, 1.82) is 0 Å². The Balaban J connectivity index is 3.67. The molecule has 0 spiro atoms. The minimum Gasteiger partial charge on any atom is -0.341 e. The van der Waals surface area contributed by atoms with Gasteiger partial charge in [0.2, 0.25) is 6.41 Å². The van der Waals surface area contributed by atoms with Crippen LogP contribution in [0.15, 0.2) is 0 Å². The molecule has 0 radical (unpaired) electrons. The molecule has 1 atom stereocenters. The number of hydrogen-bond donors (Lipinski definition) is 1. The predicted molar refractivity (Wildman–Crippen MR) is 41.6 cm³/mol. The summed E-state index contributed by atoms with van der Waals surface area (Å²) in [7, 11) is 0. The zero-order valence-corrected chi connectivity index (χ0v) is 6.71. The van der Waals surface area contributed by atoms with Crippen LogP contribution in [0.5, 0.6) is 0 Å². The second kappa shape index (κ2) is 5.23. The van der Waals surface area contributed by atoms with Crippen molar-refractivity contribution in [2.75, 3.05) is 13.1 Å². The Labute approximate surface area is 62.2 Å². The fourth-order valence-corrected chi connectivity index (χ4v) is 0.771. The lowest BCUT2D eigenvalue weighted by atomic mass is 10.3. The standard InChI is InChI=1S/C7H16N2O/c1-3-4-9(6-10)7(2)5-8/h6-7H,3-5,8H2,1-2H3. The van der Waals surface area contributed by atoms with Crippen LogP contribution in [0.1, 0.15) is 20.3 Å². The highest BCUT2D eigenvalue weighted by atomic mass is 16.1. The zero-order valence-electron chi connectivity index (χ0n) is 6.71. The summed E-state index contributed by atoms with van der Waals surface area (Å²) < 4.78 is 0. The summed E-state index contributed by atoms with van der Waals surface area (Å²) in [6.07, 6.45) is 1.85. The van der Waals surface area contributed by atoms with Gasteiger partial charge in [0.25, 0.3) is 0 Å². The van der Waals surface area contributed by atoms with E-state index < -0.39 is 0 Å². The SMILES string of the molecule is CCCN(C=O)C(C)CN. The molecular formula is C7H16N2O. The summed E-state index contributed by atoms with van der Waals surface area (Å²) in [6.45, 7) is 5.34. The second-order valence-corrected chi connectivity index (χ2v) is 2.43. The smallest absolute Gasteiger partial charge is 0.209 e. The molecule has 0 aromatic heterocycles. The normalized spacial score (nSPS) is 12.7. The Morgan fingerprint density at radius 3 is 2.60 bits per heavy atom. The third kappa shape index (κ3) is 2.82. The first-order valence-corrected chi connectivity index (χ1v) is 3.67. The molecule has 3 nitrogen and oxygen atoms in total. The van der Waals surface area contributed by atoms with Crippen LogP contribution in [0.3, 0.4) is 0 Å². The van der Waals surface area contributed by atoms with E-state index >= 15 is 0 Å². The molecule has 0 aliphatic carbocycles. The number of hydrogen-bond acceptors (Lipinski definition) is 2. The van der Waals surface area contributed by atoms with Crippen molar-refractivity contribution < 1.29 is 4.79 Å². The maximum absolute atomic E-state index is 10.4. The van der Waals surface area contributed by atoms with Crippen LogP contribution in [0.2, 0.25) is 0 Å². The summed E-state index contributed by atoms with van der Waals surface area (Å²) in [6, 6.07) is 0.178. The number of rotatable bonds is 5. The largest absolute Gasteiger partial charge is 0.341 e. The molecule has 0 rings (SSSR count). The van der Waals surface area contributed by atoms with Crippen molar-refractivity contribution in [3.05, 3.63) is 0 Å². The van der Waals surface area contributed by atoms with Crippen molar-refractivity contribution in [1.82, 2.24) is 4.90 Å². The van der Waals surface area contributed by atoms with E-state index in [1.807, 2.05) is 13.8 Å². The van der Waals surface area contributed by atoms with Gasteiger partial charge in [-0.15, -0.1) is 0 Å². The van der Waals surface area contributed by atoms with E-state index in [-0.39, 0.29) is 6.04 Å². The lowest BCUT2D eigenvalue weighted by Crippen LogP contribution is -2.37. The molecule has 0 bridgehead atoms. The Kier molecular flexibility index (Phi) is 4.94. The highest BCUT2D eigenvalue weighted by Crippen LogP contribution is 1.94. The Bertz CT molecular complexity index is 95.6. The molecule has 60 valence electrons. The van der Waals surface area contributed by atoms with Crippen LogP contribution >= 0.6 is 0 Å². The van der Waals surface area contributed by atoms with Gasteiger partial charge >= 0.3 is 0 Å². The van der Waals surface area contributed by atoms with Gasteiger partial charge in [-0.1, -0.05) is 6.92 Å². The van der Waals surface area contributed by atoms with Crippen molar-refractivity contribution >= 4 is 6.41 Å². The van der Waals surface area contributed by atoms with Crippen LogP contribution in [0.25, 0.3) is 0 Å². The van der Waals surface area contributed by atoms with E-state index in [0.717, 1.165) is 19.4 Å². The predicted octanol–water partition coefficient (Wildman–Crippen LogP) is 0.202. The minimum absolute atomic E-state index is 0.178. The van der Waals surface area contributed by atoms with E-state index in [9.17, 15) is 4.79 Å². The van der Waals surface area contributed by atoms with E-state index in [0.29, 0.717) is 6.54 Å². The van der Waals surface area contributed by atoms with Gasteiger partial charge in [0.1, 0.15) is 0 Å². The molecule has 0 aliphatic rings. The molecule has 0 aromatic rings. The van der Waals surface area contributed by atoms with Gasteiger partial charge in [-0.2, -0.15) is 0 Å². The van der Waals surface area contributed by atoms with Crippen LogP contribution in [0.4, 0.5) is 0 Å². The number of carbonyl (C=O) groups is 1. The number of carbonyl (C=O) groups excluding carboxylic acids is 1. The Morgan fingerprint density at radius 2 is 2.30 bits per heavy atom. The fraction of sp³-hybridized carbons (Fsp3) is 0.857. The van der Waals surface area contributed by atoms with Gasteiger partial charge in [-0.3, -0.25) is 4.79 Å². The quantitative estimate of drug-likeness (QED) is 0.560. The second-order valence-electron chi connectivity index (χ2n) is 2.43. The summed E-state index contributed by atoms with van der Waals surface area (Å²) in [5.41, 5.74) is 5.38. The van der Waals surface area contributed by atoms with E-state index in [4.69, 9.17) is 5.73 Å². The molecule has 0 saturated heterocycles. The van der Waals surface area contributed by atoms with Crippen LogP contribution in [-0.4, -0.2) is 30.4 Å². The van der Waals surface area contributed by atoms with Crippen LogP contribution in [-0.2, 0) is 4.79 Å². The monoisotopic (exact) mass is 144 g/mol. The Hall–Kier alpha value is -0.570. The molecule has 1 amide bonds. The first-order valence-electron chi connectivity index (χ1n) is 3.67. The first-order chi connectivity index (χ1) is 4.76. The Morgan fingerprint density at radius 1 is 1.70 bits per heavy atom. The first kappa shape index (κ1) is 9.43. The minimum atomic E-state index is 0.178. The fourth-order valence-electron chi connectivity index (χ4n) is 0.771. The van der Waals surface area contributed by atoms with Crippen molar-refractivity contribution in [3.63, 3.8) is 0 Å². The van der Waals surface area contributed by atoms with Crippen LogP contribution < -0.4 is 5.73 Å². The lowest BCUT2D eigenvalue weighted by molar-refractivity contribution is -0.119. The molecule has 0 aromatic carbocycles. The van der Waals surface area contributed by atoms with Crippen molar-refractivity contribution in [3.8, 4) is 0 Å². The molecule has 0 aliphatic heterocycles. The van der Waals surface area contributed by atoms with E-state index in [2.05, 4.69) is 0 Å². The van der Waals surface area contributed by atoms with Gasteiger partial charge < -0.3 is 10.6 Å². The summed E-state index contributed by atoms with van der Waals surface area (Å²) in [5, 5.41) is 0. The van der Waals surface area contributed by atoms with Gasteiger partial charge in [-0.25, -0.2) is 0 Å². The molecule has 10 heavy (non-hydrogen) atoms. The van der Waals surface area contributed by atoms with Gasteiger partial charge in [0.15, 0.2) is 0 Å². The molecule has 0 heterocycles. The third-order valence-corrected chi connectivity index (χ3v) is 1.52. The number of amides is 1. The zero-order chi connectivity index (χ0) is 7.98. The topological polar surface area (TPSA) is 46.3 Å². The van der Waals surface area contributed by atoms with Crippen LogP contribution in [0, 0.1) is 0 Å². The van der Waals surface area contributed by atoms with Crippen molar-refractivity contribution in [2.45, 2.75) is 26.3 Å². The highest BCUT2D eigenvalue weighted by molar-refractivity contribution is 5.47. The molecular weight excluding hydrogens is 128 g/mol. The molecule has 1 unspecified atom stereocenters. The molecule has 2 N–H and O–H groups in total. The number of nitrogens with zero attached hydrogens (tertiary/aromatic N) is 1. The molecule has 3 heteroatoms. The van der Waals surface area contributed by atoms with Gasteiger partial charge in [0.05, 0.1) is 0 Å². The summed E-state index contributed by atoms with van der Waals surface area (Å²) >= 11 is 0.